The average molecular weight is 275 g/mol. The van der Waals surface area contributed by atoms with Gasteiger partial charge in [0.15, 0.2) is 0 Å². The molecule has 0 aliphatic heterocycles. The summed E-state index contributed by atoms with van der Waals surface area (Å²) in [6.07, 6.45) is 2.23. The zero-order chi connectivity index (χ0) is 14.2. The summed E-state index contributed by atoms with van der Waals surface area (Å²) in [5.41, 5.74) is 7.43. The van der Waals surface area contributed by atoms with E-state index in [0.29, 0.717) is 0 Å². The van der Waals surface area contributed by atoms with Crippen molar-refractivity contribution in [1.82, 2.24) is 0 Å². The van der Waals surface area contributed by atoms with E-state index in [1.54, 1.807) is 0 Å². The van der Waals surface area contributed by atoms with E-state index in [1.807, 2.05) is 0 Å². The number of nitrogens with two attached hydrogens (primary N) is 1. The first-order valence-corrected chi connectivity index (χ1v) is 7.39. The lowest BCUT2D eigenvalue weighted by molar-refractivity contribution is 0.275. The molecule has 1 rings (SSSR count). The van der Waals surface area contributed by atoms with Crippen LogP contribution in [0.25, 0.3) is 0 Å². The first kappa shape index (κ1) is 17.3. The van der Waals surface area contributed by atoms with Crippen LogP contribution in [-0.4, -0.2) is 21.2 Å². The van der Waals surface area contributed by atoms with E-state index >= 15 is 0 Å². The molecular weight excluding hydrogens is 253 g/mol. The normalized spacial score (nSPS) is 11.7. The van der Waals surface area contributed by atoms with E-state index in [-0.39, 0.29) is 5.41 Å². The second-order valence-corrected chi connectivity index (χ2v) is 5.10. The Morgan fingerprint density at radius 1 is 1.11 bits per heavy atom. The van der Waals surface area contributed by atoms with Gasteiger partial charge in [-0.15, -0.1) is 0 Å². The summed E-state index contributed by atoms with van der Waals surface area (Å²) >= 11 is 0. The lowest BCUT2D eigenvalue weighted by Crippen LogP contribution is -2.33. The van der Waals surface area contributed by atoms with Gasteiger partial charge in [-0.25, -0.2) is 4.57 Å². The predicted octanol–water partition coefficient (Wildman–Crippen LogP) is 1.77. The van der Waals surface area contributed by atoms with E-state index < -0.39 is 7.82 Å². The Morgan fingerprint density at radius 2 is 1.50 bits per heavy atom. The largest absolute Gasteiger partial charge is 0.466 e. The quantitative estimate of drug-likeness (QED) is 0.627. The second-order valence-electron chi connectivity index (χ2n) is 4.07. The van der Waals surface area contributed by atoms with Crippen LogP contribution in [-0.2, 0) is 9.98 Å². The fourth-order valence-corrected chi connectivity index (χ4v) is 1.86. The van der Waals surface area contributed by atoms with Crippen molar-refractivity contribution in [2.45, 2.75) is 32.1 Å². The van der Waals surface area contributed by atoms with Gasteiger partial charge in [-0.2, -0.15) is 0 Å². The molecule has 0 aliphatic rings. The third-order valence-electron chi connectivity index (χ3n) is 3.13. The third-order valence-corrected chi connectivity index (χ3v) is 3.13. The summed E-state index contributed by atoms with van der Waals surface area (Å²) in [5, 5.41) is 0. The fraction of sp³-hybridized carbons (Fsp3) is 0.500. The topological polar surface area (TPSA) is 104 Å². The monoisotopic (exact) mass is 275 g/mol. The van der Waals surface area contributed by atoms with E-state index in [1.165, 1.54) is 5.56 Å². The lowest BCUT2D eigenvalue weighted by Gasteiger charge is -2.30. The van der Waals surface area contributed by atoms with Gasteiger partial charge in [0.1, 0.15) is 0 Å². The molecule has 0 heterocycles. The number of hydrogen-bond acceptors (Lipinski definition) is 2. The molecule has 0 radical (unpaired) electrons. The van der Waals surface area contributed by atoms with E-state index in [0.717, 1.165) is 19.4 Å². The Bertz CT molecular complexity index is 356. The molecule has 1 aromatic carbocycles. The maximum Gasteiger partial charge on any atom is 0.466 e. The maximum absolute atomic E-state index is 8.88. The highest BCUT2D eigenvalue weighted by atomic mass is 31.2. The summed E-state index contributed by atoms with van der Waals surface area (Å²) < 4.78 is 8.88. The molecule has 0 amide bonds. The summed E-state index contributed by atoms with van der Waals surface area (Å²) in [4.78, 5) is 21.6. The Kier molecular flexibility index (Phi) is 7.36. The molecule has 0 bridgehead atoms. The van der Waals surface area contributed by atoms with Gasteiger partial charge < -0.3 is 20.4 Å². The van der Waals surface area contributed by atoms with E-state index in [4.69, 9.17) is 25.0 Å². The molecule has 104 valence electrons. The SMILES string of the molecule is CCC(CC)(CN)c1ccccc1.O=P(O)(O)O. The Morgan fingerprint density at radius 3 is 1.78 bits per heavy atom. The summed E-state index contributed by atoms with van der Waals surface area (Å²) in [6, 6.07) is 10.6. The van der Waals surface area contributed by atoms with Crippen molar-refractivity contribution < 1.29 is 19.2 Å². The molecule has 5 nitrogen and oxygen atoms in total. The van der Waals surface area contributed by atoms with Gasteiger partial charge in [0.25, 0.3) is 0 Å². The molecule has 0 saturated carbocycles. The summed E-state index contributed by atoms with van der Waals surface area (Å²) in [7, 11) is -4.64. The lowest BCUT2D eigenvalue weighted by atomic mass is 9.76. The van der Waals surface area contributed by atoms with Crippen LogP contribution in [0.2, 0.25) is 0 Å². The minimum atomic E-state index is -4.64. The van der Waals surface area contributed by atoms with Crippen molar-refractivity contribution in [3.63, 3.8) is 0 Å². The highest BCUT2D eigenvalue weighted by Crippen LogP contribution is 2.29. The molecule has 0 unspecified atom stereocenters. The molecule has 1 aromatic rings. The Labute approximate surface area is 108 Å². The Balaban J connectivity index is 0.000000494. The molecule has 0 spiro atoms. The average Bonchev–Trinajstić information content (AvgIpc) is 2.31. The smallest absolute Gasteiger partial charge is 0.330 e. The fourth-order valence-electron chi connectivity index (χ4n) is 1.86. The zero-order valence-electron chi connectivity index (χ0n) is 10.8. The van der Waals surface area contributed by atoms with Crippen LogP contribution >= 0.6 is 7.82 Å². The number of rotatable bonds is 4. The van der Waals surface area contributed by atoms with Gasteiger partial charge in [-0.1, -0.05) is 44.2 Å². The van der Waals surface area contributed by atoms with Crippen LogP contribution in [0.15, 0.2) is 30.3 Å². The van der Waals surface area contributed by atoms with Crippen LogP contribution in [0.1, 0.15) is 32.3 Å². The van der Waals surface area contributed by atoms with Crippen molar-refractivity contribution in [2.24, 2.45) is 5.73 Å². The maximum atomic E-state index is 8.88. The van der Waals surface area contributed by atoms with Crippen molar-refractivity contribution in [3.05, 3.63) is 35.9 Å². The van der Waals surface area contributed by atoms with Crippen LogP contribution in [0, 0.1) is 0 Å². The standard InChI is InChI=1S/C12H19N.H3O4P/c1-3-12(4-2,10-13)11-8-6-5-7-9-11;1-5(2,3)4/h5-9H,3-4,10,13H2,1-2H3;(H3,1,2,3,4). The van der Waals surface area contributed by atoms with Crippen molar-refractivity contribution in [1.29, 1.82) is 0 Å². The highest BCUT2D eigenvalue weighted by molar-refractivity contribution is 7.45. The highest BCUT2D eigenvalue weighted by Gasteiger charge is 2.25. The van der Waals surface area contributed by atoms with Crippen LogP contribution in [0.3, 0.4) is 0 Å². The van der Waals surface area contributed by atoms with E-state index in [2.05, 4.69) is 44.2 Å². The van der Waals surface area contributed by atoms with Crippen LogP contribution in [0.5, 0.6) is 0 Å². The molecule has 0 atom stereocenters. The van der Waals surface area contributed by atoms with Crippen LogP contribution in [0.4, 0.5) is 0 Å². The van der Waals surface area contributed by atoms with Gasteiger partial charge in [-0.3, -0.25) is 0 Å². The molecule has 6 heteroatoms. The van der Waals surface area contributed by atoms with Gasteiger partial charge in [0.2, 0.25) is 0 Å². The minimum absolute atomic E-state index is 0.196. The first-order valence-electron chi connectivity index (χ1n) is 5.83. The second kappa shape index (κ2) is 7.67. The number of phosphoric acid groups is 1. The number of benzene rings is 1. The molecule has 0 aliphatic carbocycles. The summed E-state index contributed by atoms with van der Waals surface area (Å²) in [5.74, 6) is 0. The minimum Gasteiger partial charge on any atom is -0.330 e. The van der Waals surface area contributed by atoms with Gasteiger partial charge >= 0.3 is 7.82 Å². The predicted molar refractivity (Wildman–Crippen MR) is 72.0 cm³/mol. The zero-order valence-corrected chi connectivity index (χ0v) is 11.7. The Hall–Kier alpha value is -0.710. The third kappa shape index (κ3) is 6.28. The van der Waals surface area contributed by atoms with Gasteiger partial charge in [0.05, 0.1) is 0 Å². The van der Waals surface area contributed by atoms with Crippen molar-refractivity contribution in [2.75, 3.05) is 6.54 Å². The molecule has 18 heavy (non-hydrogen) atoms. The molecule has 0 aromatic heterocycles. The van der Waals surface area contributed by atoms with Gasteiger partial charge in [-0.05, 0) is 18.4 Å². The van der Waals surface area contributed by atoms with Crippen LogP contribution < -0.4 is 5.73 Å². The van der Waals surface area contributed by atoms with Crippen molar-refractivity contribution in [3.8, 4) is 0 Å². The molecule has 0 fully saturated rings. The first-order chi connectivity index (χ1) is 8.29. The summed E-state index contributed by atoms with van der Waals surface area (Å²) in [6.45, 7) is 5.16. The molecule has 5 N–H and O–H groups in total. The molecule has 0 saturated heterocycles. The van der Waals surface area contributed by atoms with E-state index in [9.17, 15) is 0 Å². The molecular formula is C12H22NO4P. The number of hydrogen-bond donors (Lipinski definition) is 4. The van der Waals surface area contributed by atoms with Gasteiger partial charge in [0, 0.05) is 12.0 Å². The van der Waals surface area contributed by atoms with Crippen molar-refractivity contribution >= 4 is 7.82 Å².